The van der Waals surface area contributed by atoms with Crippen LogP contribution in [0.2, 0.25) is 0 Å². The van der Waals surface area contributed by atoms with E-state index in [1.54, 1.807) is 17.4 Å². The van der Waals surface area contributed by atoms with E-state index in [9.17, 15) is 13.2 Å². The number of piperazine rings is 1. The quantitative estimate of drug-likeness (QED) is 0.387. The maximum atomic E-state index is 12.3. The number of primary sulfonamides is 1. The molecular weight excluding hydrogens is 424 g/mol. The molecule has 10 heteroatoms. The number of unbranched alkanes of at least 4 members (excludes halogenated alkanes) is 3. The summed E-state index contributed by atoms with van der Waals surface area (Å²) in [6.45, 7) is 5.25. The van der Waals surface area contributed by atoms with Gasteiger partial charge in [0.15, 0.2) is 11.5 Å². The predicted molar refractivity (Wildman–Crippen MR) is 118 cm³/mol. The normalized spacial score (nSPS) is 16.2. The molecule has 1 saturated heterocycles. The van der Waals surface area contributed by atoms with Crippen molar-refractivity contribution in [2.24, 2.45) is 5.14 Å². The van der Waals surface area contributed by atoms with Crippen molar-refractivity contribution in [3.8, 4) is 10.6 Å². The van der Waals surface area contributed by atoms with Crippen molar-refractivity contribution in [2.75, 3.05) is 45.0 Å². The Bertz CT molecular complexity index is 888. The highest BCUT2D eigenvalue weighted by atomic mass is 32.2. The summed E-state index contributed by atoms with van der Waals surface area (Å²) in [4.78, 5) is 17.8. The van der Waals surface area contributed by atoms with Gasteiger partial charge in [0.05, 0.1) is 10.6 Å². The smallest absolute Gasteiger partial charge is 0.210 e. The summed E-state index contributed by atoms with van der Waals surface area (Å²) in [6, 6.07) is 5.62. The zero-order valence-electron chi connectivity index (χ0n) is 17.2. The number of hydrogen-bond donors (Lipinski definition) is 1. The third-order valence-corrected chi connectivity index (χ3v) is 6.98. The van der Waals surface area contributed by atoms with Gasteiger partial charge < -0.3 is 9.42 Å². The Morgan fingerprint density at radius 1 is 1.10 bits per heavy atom. The molecule has 3 heterocycles. The number of ketones is 1. The van der Waals surface area contributed by atoms with Crippen molar-refractivity contribution in [2.45, 2.75) is 32.1 Å². The second-order valence-electron chi connectivity index (χ2n) is 7.69. The van der Waals surface area contributed by atoms with Gasteiger partial charge in [-0.2, -0.15) is 0 Å². The van der Waals surface area contributed by atoms with Gasteiger partial charge >= 0.3 is 0 Å². The summed E-state index contributed by atoms with van der Waals surface area (Å²) in [5.41, 5.74) is 0.415. The molecule has 0 aliphatic carbocycles. The monoisotopic (exact) mass is 454 g/mol. The molecular formula is C20H30N4O4S2. The highest BCUT2D eigenvalue weighted by Gasteiger charge is 2.18. The van der Waals surface area contributed by atoms with E-state index in [0.717, 1.165) is 63.3 Å². The van der Waals surface area contributed by atoms with Gasteiger partial charge in [0.25, 0.3) is 0 Å². The molecule has 0 radical (unpaired) electrons. The third-order valence-electron chi connectivity index (χ3n) is 5.34. The van der Waals surface area contributed by atoms with Gasteiger partial charge in [-0.1, -0.05) is 24.1 Å². The van der Waals surface area contributed by atoms with Gasteiger partial charge in [-0.05, 0) is 30.8 Å². The Labute approximate surface area is 182 Å². The van der Waals surface area contributed by atoms with Crippen molar-refractivity contribution < 1.29 is 17.7 Å². The van der Waals surface area contributed by atoms with Crippen molar-refractivity contribution in [3.05, 3.63) is 29.3 Å². The minimum atomic E-state index is -3.38. The number of nitrogens with zero attached hydrogens (tertiary/aromatic N) is 3. The SMILES string of the molecule is NS(=O)(=O)CCN1CCN(CCCCCCC(=O)c2cc(-c3cccs3)on2)CC1. The van der Waals surface area contributed by atoms with Crippen LogP contribution in [0.3, 0.4) is 0 Å². The Balaban J connectivity index is 1.24. The molecule has 0 atom stereocenters. The van der Waals surface area contributed by atoms with Crippen LogP contribution in [-0.2, 0) is 10.0 Å². The first-order valence-corrected chi connectivity index (χ1v) is 13.0. The average molecular weight is 455 g/mol. The Morgan fingerprint density at radius 3 is 2.47 bits per heavy atom. The molecule has 166 valence electrons. The summed E-state index contributed by atoms with van der Waals surface area (Å²) in [5, 5.41) is 10.9. The first kappa shape index (κ1) is 23.1. The molecule has 0 aromatic carbocycles. The van der Waals surface area contributed by atoms with Crippen LogP contribution < -0.4 is 5.14 Å². The lowest BCUT2D eigenvalue weighted by Gasteiger charge is -2.34. The highest BCUT2D eigenvalue weighted by Crippen LogP contribution is 2.25. The number of carbonyl (C=O) groups excluding carboxylic acids is 1. The topological polar surface area (TPSA) is 110 Å². The molecule has 1 fully saturated rings. The fourth-order valence-electron chi connectivity index (χ4n) is 3.54. The van der Waals surface area contributed by atoms with Crippen LogP contribution >= 0.6 is 11.3 Å². The molecule has 2 aromatic heterocycles. The van der Waals surface area contributed by atoms with E-state index < -0.39 is 10.0 Å². The van der Waals surface area contributed by atoms with Gasteiger partial charge in [0, 0.05) is 45.2 Å². The summed E-state index contributed by atoms with van der Waals surface area (Å²) in [5.74, 6) is 0.713. The molecule has 8 nitrogen and oxygen atoms in total. The maximum Gasteiger partial charge on any atom is 0.210 e. The summed E-state index contributed by atoms with van der Waals surface area (Å²) in [7, 11) is -3.38. The predicted octanol–water partition coefficient (Wildman–Crippen LogP) is 2.44. The highest BCUT2D eigenvalue weighted by molar-refractivity contribution is 7.89. The number of thiophene rings is 1. The number of hydrogen-bond acceptors (Lipinski definition) is 8. The fraction of sp³-hybridized carbons (Fsp3) is 0.600. The Hall–Kier alpha value is -1.59. The first-order valence-electron chi connectivity index (χ1n) is 10.4. The van der Waals surface area contributed by atoms with Gasteiger partial charge in [-0.25, -0.2) is 13.6 Å². The van der Waals surface area contributed by atoms with Crippen molar-refractivity contribution in [1.29, 1.82) is 0 Å². The van der Waals surface area contributed by atoms with E-state index >= 15 is 0 Å². The molecule has 0 saturated carbocycles. The van der Waals surface area contributed by atoms with E-state index in [4.69, 9.17) is 9.66 Å². The molecule has 2 N–H and O–H groups in total. The van der Waals surface area contributed by atoms with Crippen LogP contribution in [0.15, 0.2) is 28.1 Å². The summed E-state index contributed by atoms with van der Waals surface area (Å²) in [6.07, 6.45) is 4.59. The second-order valence-corrected chi connectivity index (χ2v) is 10.4. The van der Waals surface area contributed by atoms with Gasteiger partial charge in [-0.15, -0.1) is 11.3 Å². The molecule has 1 aliphatic heterocycles. The molecule has 0 amide bonds. The van der Waals surface area contributed by atoms with E-state index in [-0.39, 0.29) is 11.5 Å². The minimum Gasteiger partial charge on any atom is -0.355 e. The number of Topliss-reactive ketones (excluding diaryl/α,β-unsaturated/α-hetero) is 1. The second kappa shape index (κ2) is 11.1. The molecule has 0 spiro atoms. The van der Waals surface area contributed by atoms with Crippen molar-refractivity contribution in [1.82, 2.24) is 15.0 Å². The molecule has 2 aromatic rings. The summed E-state index contributed by atoms with van der Waals surface area (Å²) >= 11 is 1.56. The number of rotatable bonds is 12. The van der Waals surface area contributed by atoms with Crippen LogP contribution in [0.25, 0.3) is 10.6 Å². The zero-order valence-corrected chi connectivity index (χ0v) is 18.8. The zero-order chi connectivity index (χ0) is 21.4. The van der Waals surface area contributed by atoms with Crippen molar-refractivity contribution >= 4 is 27.1 Å². The van der Waals surface area contributed by atoms with Gasteiger partial charge in [0.1, 0.15) is 5.69 Å². The number of aromatic nitrogens is 1. The molecule has 0 bridgehead atoms. The maximum absolute atomic E-state index is 12.3. The van der Waals surface area contributed by atoms with E-state index in [1.807, 2.05) is 17.5 Å². The van der Waals surface area contributed by atoms with E-state index in [0.29, 0.717) is 24.4 Å². The molecule has 3 rings (SSSR count). The van der Waals surface area contributed by atoms with Gasteiger partial charge in [0.2, 0.25) is 10.0 Å². The largest absolute Gasteiger partial charge is 0.355 e. The van der Waals surface area contributed by atoms with Crippen LogP contribution in [0.4, 0.5) is 0 Å². The van der Waals surface area contributed by atoms with E-state index in [2.05, 4.69) is 15.0 Å². The van der Waals surface area contributed by atoms with E-state index in [1.165, 1.54) is 0 Å². The van der Waals surface area contributed by atoms with Crippen LogP contribution in [0.5, 0.6) is 0 Å². The number of nitrogens with two attached hydrogens (primary N) is 1. The number of sulfonamides is 1. The Kier molecular flexibility index (Phi) is 8.58. The standard InChI is InChI=1S/C20H30N4O4S2/c21-30(26,27)15-13-24-11-9-23(10-12-24)8-4-2-1-3-6-18(25)17-16-19(28-22-17)20-7-5-14-29-20/h5,7,14,16H,1-4,6,8-13,15H2,(H2,21,26,27). The minimum absolute atomic E-state index is 0.0232. The van der Waals surface area contributed by atoms with Crippen LogP contribution in [-0.4, -0.2) is 74.2 Å². The fourth-order valence-corrected chi connectivity index (χ4v) is 4.72. The van der Waals surface area contributed by atoms with Crippen LogP contribution in [0.1, 0.15) is 42.6 Å². The number of carbonyl (C=O) groups is 1. The molecule has 0 unspecified atom stereocenters. The molecule has 30 heavy (non-hydrogen) atoms. The average Bonchev–Trinajstić information content (AvgIpc) is 3.41. The Morgan fingerprint density at radius 2 is 1.80 bits per heavy atom. The van der Waals surface area contributed by atoms with Crippen molar-refractivity contribution in [3.63, 3.8) is 0 Å². The lowest BCUT2D eigenvalue weighted by Crippen LogP contribution is -2.48. The lowest BCUT2D eigenvalue weighted by atomic mass is 10.1. The molecule has 1 aliphatic rings. The third kappa shape index (κ3) is 7.59. The summed E-state index contributed by atoms with van der Waals surface area (Å²) < 4.78 is 27.4. The first-order chi connectivity index (χ1) is 14.4. The van der Waals surface area contributed by atoms with Crippen LogP contribution in [0, 0.1) is 0 Å². The lowest BCUT2D eigenvalue weighted by molar-refractivity contribution is 0.0970. The van der Waals surface area contributed by atoms with Gasteiger partial charge in [-0.3, -0.25) is 9.69 Å².